The predicted molar refractivity (Wildman–Crippen MR) is 167 cm³/mol. The molecule has 0 saturated carbocycles. The number of benzene rings is 2. The minimum atomic E-state index is -5.40. The Morgan fingerprint density at radius 2 is 1.64 bits per heavy atom. The Labute approximate surface area is 273 Å². The first-order valence-electron chi connectivity index (χ1n) is 14.8. The highest BCUT2D eigenvalue weighted by atomic mass is 32.3. The van der Waals surface area contributed by atoms with Crippen LogP contribution in [0.4, 0.5) is 13.2 Å². The van der Waals surface area contributed by atoms with Crippen LogP contribution < -0.4 is 0 Å². The highest BCUT2D eigenvalue weighted by Crippen LogP contribution is 2.46. The van der Waals surface area contributed by atoms with Crippen molar-refractivity contribution >= 4 is 24.7 Å². The zero-order valence-corrected chi connectivity index (χ0v) is 28.7. The Kier molecular flexibility index (Phi) is 13.0. The van der Waals surface area contributed by atoms with Gasteiger partial charge in [0.05, 0.1) is 18.8 Å². The van der Waals surface area contributed by atoms with E-state index in [-0.39, 0.29) is 23.1 Å². The number of rotatable bonds is 15. The van der Waals surface area contributed by atoms with Crippen molar-refractivity contribution in [3.63, 3.8) is 0 Å². The minimum absolute atomic E-state index is 0.0329. The molecular weight excluding hydrogens is 663 g/mol. The van der Waals surface area contributed by atoms with Gasteiger partial charge in [0, 0.05) is 4.91 Å². The number of azide groups is 1. The number of hydrogen-bond acceptors (Lipinski definition) is 10. The van der Waals surface area contributed by atoms with E-state index in [4.69, 9.17) is 22.8 Å². The van der Waals surface area contributed by atoms with Gasteiger partial charge in [0.2, 0.25) is 0 Å². The molecule has 0 aliphatic carbocycles. The van der Waals surface area contributed by atoms with Crippen LogP contribution >= 0.6 is 0 Å². The Balaban J connectivity index is 2.09. The average Bonchev–Trinajstić information content (AvgIpc) is 2.99. The number of halogens is 3. The summed E-state index contributed by atoms with van der Waals surface area (Å²) in [4.78, 5) is 16.2. The van der Waals surface area contributed by atoms with E-state index < -0.39 is 74.7 Å². The molecule has 1 fully saturated rings. The fourth-order valence-corrected chi connectivity index (χ4v) is 7.94. The van der Waals surface area contributed by atoms with Gasteiger partial charge >= 0.3 is 22.5 Å². The monoisotopic (exact) mass is 703 g/mol. The molecule has 1 aliphatic rings. The highest BCUT2D eigenvalue weighted by molar-refractivity contribution is 7.81. The summed E-state index contributed by atoms with van der Waals surface area (Å²) >= 11 is 0. The topological polar surface area (TPSA) is 155 Å². The summed E-state index contributed by atoms with van der Waals surface area (Å²) in [5.74, 6) is -0.825. The molecule has 1 aliphatic heterocycles. The lowest BCUT2D eigenvalue weighted by atomic mass is 9.97. The van der Waals surface area contributed by atoms with Crippen LogP contribution in [0, 0.1) is 5.92 Å². The third-order valence-electron chi connectivity index (χ3n) is 8.45. The predicted octanol–water partition coefficient (Wildman–Crippen LogP) is 6.70. The number of carbonyl (C=O) groups is 1. The molecule has 0 spiro atoms. The van der Waals surface area contributed by atoms with E-state index in [0.717, 1.165) is 5.56 Å². The third kappa shape index (κ3) is 10.7. The quantitative estimate of drug-likeness (QED) is 0.0648. The number of carbonyl (C=O) groups excluding carboxylic acids is 1. The van der Waals surface area contributed by atoms with Crippen LogP contribution in [0.1, 0.15) is 43.6 Å². The Hall–Kier alpha value is -3.02. The normalized spacial score (nSPS) is 22.5. The van der Waals surface area contributed by atoms with Gasteiger partial charge in [-0.25, -0.2) is 13.2 Å². The molecule has 2 aromatic rings. The van der Waals surface area contributed by atoms with Crippen LogP contribution in [0.25, 0.3) is 10.4 Å². The van der Waals surface area contributed by atoms with E-state index in [0.29, 0.717) is 0 Å². The van der Waals surface area contributed by atoms with Crippen LogP contribution in [0.5, 0.6) is 0 Å². The van der Waals surface area contributed by atoms with Crippen molar-refractivity contribution in [2.45, 2.75) is 89.3 Å². The average molecular weight is 704 g/mol. The molecule has 0 radical (unpaired) electrons. The third-order valence-corrected chi connectivity index (χ3v) is 13.8. The second kappa shape index (κ2) is 15.9. The summed E-state index contributed by atoms with van der Waals surface area (Å²) in [6, 6.07) is 15.0. The summed E-state index contributed by atoms with van der Waals surface area (Å²) < 4.78 is 97.8. The minimum Gasteiger partial charge on any atom is -0.455 e. The summed E-state index contributed by atoms with van der Waals surface area (Å²) in [6.07, 6.45) is -11.5. The fourth-order valence-electron chi connectivity index (χ4n) is 4.63. The molecule has 5 atom stereocenters. The lowest BCUT2D eigenvalue weighted by Crippen LogP contribution is -2.63. The first kappa shape index (κ1) is 38.4. The van der Waals surface area contributed by atoms with Crippen molar-refractivity contribution in [3.05, 3.63) is 82.2 Å². The van der Waals surface area contributed by atoms with E-state index in [2.05, 4.69) is 14.2 Å². The maximum absolute atomic E-state index is 13.3. The molecule has 260 valence electrons. The van der Waals surface area contributed by atoms with E-state index in [1.165, 1.54) is 12.1 Å². The van der Waals surface area contributed by atoms with Gasteiger partial charge in [0.1, 0.15) is 24.4 Å². The van der Waals surface area contributed by atoms with Crippen LogP contribution in [0.3, 0.4) is 0 Å². The number of nitrogens with zero attached hydrogens (tertiary/aromatic N) is 3. The lowest BCUT2D eigenvalue weighted by Gasteiger charge is -2.49. The number of hydrogen-bond donors (Lipinski definition) is 0. The Bertz CT molecular complexity index is 1480. The zero-order chi connectivity index (χ0) is 35.0. The number of esters is 1. The van der Waals surface area contributed by atoms with E-state index in [1.807, 2.05) is 40.8 Å². The standard InChI is InChI=1S/C30H40F3N3O9SSi/c1-20(2)29(3,4)47(5,6)45-28-24(35-36-34)26(43-27(37)22-15-11-8-12-16-22)25(44-46(38,39)41-19-30(31,32)33)23(42-28)18-40-17-21-13-9-7-10-14-21/h7-16,20,23-26,28H,17-19H2,1-6H3/t23-,24-,25+,26-,28+/m1/s1. The van der Waals surface area contributed by atoms with E-state index in [1.54, 1.807) is 48.5 Å². The number of alkyl halides is 3. The van der Waals surface area contributed by atoms with Crippen LogP contribution in [-0.4, -0.2) is 72.7 Å². The lowest BCUT2D eigenvalue weighted by molar-refractivity contribution is -0.242. The Morgan fingerprint density at radius 1 is 1.04 bits per heavy atom. The first-order chi connectivity index (χ1) is 21.9. The molecule has 2 aromatic carbocycles. The first-order valence-corrected chi connectivity index (χ1v) is 19.0. The largest absolute Gasteiger partial charge is 0.455 e. The molecule has 0 amide bonds. The van der Waals surface area contributed by atoms with Gasteiger partial charge in [0.25, 0.3) is 0 Å². The van der Waals surface area contributed by atoms with Gasteiger partial charge in [-0.3, -0.25) is 0 Å². The van der Waals surface area contributed by atoms with Gasteiger partial charge in [-0.15, -0.1) is 0 Å². The highest BCUT2D eigenvalue weighted by Gasteiger charge is 2.55. The molecule has 0 unspecified atom stereocenters. The van der Waals surface area contributed by atoms with Crippen LogP contribution in [0.15, 0.2) is 65.8 Å². The zero-order valence-electron chi connectivity index (χ0n) is 26.9. The van der Waals surface area contributed by atoms with Crippen molar-refractivity contribution in [1.82, 2.24) is 0 Å². The second-order valence-electron chi connectivity index (χ2n) is 12.3. The maximum atomic E-state index is 13.3. The summed E-state index contributed by atoms with van der Waals surface area (Å²) in [5.41, 5.74) is 10.4. The smallest absolute Gasteiger partial charge is 0.413 e. The van der Waals surface area contributed by atoms with Crippen molar-refractivity contribution in [2.24, 2.45) is 11.0 Å². The molecule has 1 saturated heterocycles. The SMILES string of the molecule is CC(C)C(C)(C)[Si](C)(C)O[C@@H]1O[C@H](COCc2ccccc2)[C@H](OS(=O)(=O)OCC(F)(F)F)[C@H](OC(=O)c2ccccc2)[C@H]1N=[N+]=[N-]. The molecule has 3 rings (SSSR count). The molecule has 47 heavy (non-hydrogen) atoms. The van der Waals surface area contributed by atoms with E-state index >= 15 is 0 Å². The van der Waals surface area contributed by atoms with Gasteiger partial charge in [0.15, 0.2) is 21.2 Å². The van der Waals surface area contributed by atoms with Crippen molar-refractivity contribution < 1.29 is 53.4 Å². The van der Waals surface area contributed by atoms with Crippen molar-refractivity contribution in [2.75, 3.05) is 13.2 Å². The molecular formula is C30H40F3N3O9SSi. The second-order valence-corrected chi connectivity index (χ2v) is 18.1. The van der Waals surface area contributed by atoms with Gasteiger partial charge in [-0.2, -0.15) is 21.6 Å². The maximum Gasteiger partial charge on any atom is 0.413 e. The molecule has 12 nitrogen and oxygen atoms in total. The fraction of sp³-hybridized carbons (Fsp3) is 0.567. The summed E-state index contributed by atoms with van der Waals surface area (Å²) in [7, 11) is -8.20. The van der Waals surface area contributed by atoms with Crippen molar-refractivity contribution in [3.8, 4) is 0 Å². The van der Waals surface area contributed by atoms with Crippen LogP contribution in [0.2, 0.25) is 18.1 Å². The molecule has 0 bridgehead atoms. The molecule has 0 aromatic heterocycles. The van der Waals surface area contributed by atoms with Gasteiger partial charge in [-0.05, 0) is 47.3 Å². The van der Waals surface area contributed by atoms with Gasteiger partial charge < -0.3 is 18.6 Å². The molecule has 17 heteroatoms. The van der Waals surface area contributed by atoms with E-state index in [9.17, 15) is 31.9 Å². The number of ether oxygens (including phenoxy) is 3. The molecule has 0 N–H and O–H groups in total. The van der Waals surface area contributed by atoms with Gasteiger partial charge in [-0.1, -0.05) is 81.3 Å². The molecule has 1 heterocycles. The van der Waals surface area contributed by atoms with Crippen LogP contribution in [-0.2, 0) is 44.0 Å². The van der Waals surface area contributed by atoms with Crippen molar-refractivity contribution in [1.29, 1.82) is 0 Å². The summed E-state index contributed by atoms with van der Waals surface area (Å²) in [5, 5.41) is 3.39. The Morgan fingerprint density at radius 3 is 2.19 bits per heavy atom. The summed E-state index contributed by atoms with van der Waals surface area (Å²) in [6.45, 7) is 9.37.